The van der Waals surface area contributed by atoms with E-state index in [1.54, 1.807) is 24.5 Å². The molecule has 1 aliphatic heterocycles. The molecule has 1 amide bonds. The van der Waals surface area contributed by atoms with E-state index in [0.717, 1.165) is 60.7 Å². The van der Waals surface area contributed by atoms with Crippen molar-refractivity contribution in [3.05, 3.63) is 78.1 Å². The average Bonchev–Trinajstić information content (AvgIpc) is 2.87. The predicted molar refractivity (Wildman–Crippen MR) is 139 cm³/mol. The molecule has 34 heavy (non-hydrogen) atoms. The van der Waals surface area contributed by atoms with Gasteiger partial charge in [-0.25, -0.2) is 0 Å². The molecule has 3 aromatic rings. The van der Waals surface area contributed by atoms with Crippen LogP contribution in [0.1, 0.15) is 22.3 Å². The van der Waals surface area contributed by atoms with Crippen molar-refractivity contribution in [1.29, 1.82) is 0 Å². The molecule has 7 heteroatoms. The van der Waals surface area contributed by atoms with E-state index in [0.29, 0.717) is 25.2 Å². The van der Waals surface area contributed by atoms with Gasteiger partial charge in [0.15, 0.2) is 0 Å². The summed E-state index contributed by atoms with van der Waals surface area (Å²) in [6.45, 7) is 5.70. The van der Waals surface area contributed by atoms with Gasteiger partial charge >= 0.3 is 0 Å². The van der Waals surface area contributed by atoms with Crippen LogP contribution < -0.4 is 16.4 Å². The minimum Gasteiger partial charge on any atom is -0.397 e. The summed E-state index contributed by atoms with van der Waals surface area (Å²) in [6.07, 6.45) is 4.03. The fourth-order valence-electron chi connectivity index (χ4n) is 4.35. The molecule has 1 fully saturated rings. The van der Waals surface area contributed by atoms with Crippen molar-refractivity contribution in [1.82, 2.24) is 14.8 Å². The Morgan fingerprint density at radius 1 is 1.03 bits per heavy atom. The lowest BCUT2D eigenvalue weighted by Crippen LogP contribution is -2.44. The van der Waals surface area contributed by atoms with Crippen LogP contribution in [0.25, 0.3) is 11.1 Å². The van der Waals surface area contributed by atoms with Gasteiger partial charge in [0.25, 0.3) is 5.91 Å². The van der Waals surface area contributed by atoms with Crippen molar-refractivity contribution in [3.63, 3.8) is 0 Å². The van der Waals surface area contributed by atoms with Gasteiger partial charge in [-0.3, -0.25) is 9.78 Å². The fourth-order valence-corrected chi connectivity index (χ4v) is 4.35. The first kappa shape index (κ1) is 23.7. The van der Waals surface area contributed by atoms with Crippen molar-refractivity contribution in [2.45, 2.75) is 13.0 Å². The third-order valence-corrected chi connectivity index (χ3v) is 6.33. The molecular weight excluding hydrogens is 424 g/mol. The van der Waals surface area contributed by atoms with E-state index in [2.05, 4.69) is 58.2 Å². The lowest BCUT2D eigenvalue weighted by molar-refractivity contribution is 0.0742. The second kappa shape index (κ2) is 11.1. The monoisotopic (exact) mass is 458 g/mol. The minimum atomic E-state index is -0.0345. The van der Waals surface area contributed by atoms with Crippen molar-refractivity contribution in [2.24, 2.45) is 5.73 Å². The molecule has 0 atom stereocenters. The van der Waals surface area contributed by atoms with Crippen LogP contribution in [-0.2, 0) is 6.54 Å². The van der Waals surface area contributed by atoms with Crippen LogP contribution in [0.2, 0.25) is 0 Å². The third kappa shape index (κ3) is 5.73. The van der Waals surface area contributed by atoms with Crippen LogP contribution in [0.3, 0.4) is 0 Å². The molecule has 0 saturated carbocycles. The minimum absolute atomic E-state index is 0.0345. The maximum Gasteiger partial charge on any atom is 0.255 e. The molecule has 2 heterocycles. The molecule has 7 nitrogen and oxygen atoms in total. The van der Waals surface area contributed by atoms with Crippen molar-refractivity contribution in [3.8, 4) is 11.1 Å². The zero-order valence-electron chi connectivity index (χ0n) is 19.9. The van der Waals surface area contributed by atoms with E-state index >= 15 is 0 Å². The number of amides is 1. The zero-order valence-corrected chi connectivity index (χ0v) is 19.9. The topological polar surface area (TPSA) is 91.7 Å². The summed E-state index contributed by atoms with van der Waals surface area (Å²) < 4.78 is 0. The Balaban J connectivity index is 1.52. The second-order valence-corrected chi connectivity index (χ2v) is 8.87. The van der Waals surface area contributed by atoms with E-state index in [4.69, 9.17) is 11.5 Å². The molecule has 1 aliphatic rings. The summed E-state index contributed by atoms with van der Waals surface area (Å²) in [5.41, 5.74) is 17.9. The second-order valence-electron chi connectivity index (χ2n) is 8.87. The van der Waals surface area contributed by atoms with Crippen molar-refractivity contribution in [2.75, 3.05) is 56.9 Å². The lowest BCUT2D eigenvalue weighted by Gasteiger charge is -2.34. The van der Waals surface area contributed by atoms with Gasteiger partial charge in [-0.05, 0) is 67.0 Å². The predicted octanol–water partition coefficient (Wildman–Crippen LogP) is 3.07. The van der Waals surface area contributed by atoms with Gasteiger partial charge < -0.3 is 26.2 Å². The number of nitrogens with two attached hydrogens (primary N) is 2. The molecule has 4 rings (SSSR count). The summed E-state index contributed by atoms with van der Waals surface area (Å²) in [6, 6.07) is 18.2. The third-order valence-electron chi connectivity index (χ3n) is 6.33. The van der Waals surface area contributed by atoms with Gasteiger partial charge in [0.2, 0.25) is 0 Å². The Morgan fingerprint density at radius 3 is 2.53 bits per heavy atom. The first-order chi connectivity index (χ1) is 16.5. The van der Waals surface area contributed by atoms with Crippen molar-refractivity contribution < 1.29 is 4.79 Å². The highest BCUT2D eigenvalue weighted by atomic mass is 16.2. The number of pyridine rings is 1. The van der Waals surface area contributed by atoms with Crippen LogP contribution in [0.4, 0.5) is 11.4 Å². The number of nitrogens with zero attached hydrogens (tertiary/aromatic N) is 4. The highest BCUT2D eigenvalue weighted by Crippen LogP contribution is 2.30. The Bertz CT molecular complexity index is 1100. The SMILES string of the molecule is CN1CCN(c2ccc(-c3cccc(CN(CCCN)C(=O)c4cccnc4)c3)cc2N)CC1. The maximum absolute atomic E-state index is 13.1. The molecule has 1 saturated heterocycles. The van der Waals surface area contributed by atoms with Crippen LogP contribution in [-0.4, -0.2) is 67.0 Å². The van der Waals surface area contributed by atoms with Crippen LogP contribution >= 0.6 is 0 Å². The molecule has 2 aromatic carbocycles. The largest absolute Gasteiger partial charge is 0.397 e. The molecule has 178 valence electrons. The van der Waals surface area contributed by atoms with Gasteiger partial charge in [0.05, 0.1) is 16.9 Å². The van der Waals surface area contributed by atoms with Crippen LogP contribution in [0.5, 0.6) is 0 Å². The molecule has 0 bridgehead atoms. The normalized spacial score (nSPS) is 14.2. The summed E-state index contributed by atoms with van der Waals surface area (Å²) in [5, 5.41) is 0. The van der Waals surface area contributed by atoms with E-state index in [1.807, 2.05) is 11.0 Å². The van der Waals surface area contributed by atoms with Crippen LogP contribution in [0.15, 0.2) is 67.0 Å². The van der Waals surface area contributed by atoms with E-state index in [-0.39, 0.29) is 5.91 Å². The first-order valence-electron chi connectivity index (χ1n) is 11.9. The molecular formula is C27H34N6O. The lowest BCUT2D eigenvalue weighted by atomic mass is 10.0. The quantitative estimate of drug-likeness (QED) is 0.504. The number of hydrogen-bond acceptors (Lipinski definition) is 6. The average molecular weight is 459 g/mol. The van der Waals surface area contributed by atoms with E-state index < -0.39 is 0 Å². The number of carbonyl (C=O) groups is 1. The number of nitrogen functional groups attached to an aromatic ring is 1. The Kier molecular flexibility index (Phi) is 7.77. The summed E-state index contributed by atoms with van der Waals surface area (Å²) in [5.74, 6) is -0.0345. The standard InChI is InChI=1S/C27H34N6O/c1-31-13-15-32(16-14-31)26-9-8-23(18-25(26)29)22-6-2-5-21(17-22)20-33(12-4-10-28)27(34)24-7-3-11-30-19-24/h2-3,5-9,11,17-19H,4,10,12-16,20,28-29H2,1H3. The Morgan fingerprint density at radius 2 is 1.82 bits per heavy atom. The van der Waals surface area contributed by atoms with Gasteiger partial charge in [-0.1, -0.05) is 24.3 Å². The van der Waals surface area contributed by atoms with E-state index in [9.17, 15) is 4.79 Å². The fraction of sp³-hybridized carbons (Fsp3) is 0.333. The first-order valence-corrected chi connectivity index (χ1v) is 11.9. The summed E-state index contributed by atoms with van der Waals surface area (Å²) in [4.78, 5) is 23.7. The molecule has 1 aromatic heterocycles. The number of rotatable bonds is 8. The summed E-state index contributed by atoms with van der Waals surface area (Å²) in [7, 11) is 2.15. The number of likely N-dealkylation sites (N-methyl/N-ethyl adjacent to an activating group) is 1. The number of piperazine rings is 1. The van der Waals surface area contributed by atoms with Gasteiger partial charge in [-0.15, -0.1) is 0 Å². The van der Waals surface area contributed by atoms with Crippen molar-refractivity contribution >= 4 is 17.3 Å². The van der Waals surface area contributed by atoms with Gasteiger partial charge in [0.1, 0.15) is 0 Å². The molecule has 0 unspecified atom stereocenters. The number of benzene rings is 2. The summed E-state index contributed by atoms with van der Waals surface area (Å²) >= 11 is 0. The van der Waals surface area contributed by atoms with Gasteiger partial charge in [-0.2, -0.15) is 0 Å². The number of aromatic nitrogens is 1. The van der Waals surface area contributed by atoms with Gasteiger partial charge in [0, 0.05) is 51.7 Å². The molecule has 4 N–H and O–H groups in total. The Hall–Kier alpha value is -3.42. The Labute approximate surface area is 202 Å². The van der Waals surface area contributed by atoms with E-state index in [1.165, 1.54) is 0 Å². The smallest absolute Gasteiger partial charge is 0.255 e. The molecule has 0 aliphatic carbocycles. The van der Waals surface area contributed by atoms with Crippen LogP contribution in [0, 0.1) is 0 Å². The maximum atomic E-state index is 13.1. The molecule has 0 spiro atoms. The number of anilines is 2. The molecule has 0 radical (unpaired) electrons. The highest BCUT2D eigenvalue weighted by Gasteiger charge is 2.18. The number of carbonyl (C=O) groups excluding carboxylic acids is 1. The zero-order chi connectivity index (χ0) is 23.9. The highest BCUT2D eigenvalue weighted by molar-refractivity contribution is 5.93. The number of hydrogen-bond donors (Lipinski definition) is 2.